The van der Waals surface area contributed by atoms with Crippen LogP contribution in [0, 0.1) is 0 Å². The fourth-order valence-corrected chi connectivity index (χ4v) is 1.02. The van der Waals surface area contributed by atoms with E-state index < -0.39 is 0 Å². The van der Waals surface area contributed by atoms with Crippen LogP contribution < -0.4 is 0 Å². The Balaban J connectivity index is 2.74. The van der Waals surface area contributed by atoms with Gasteiger partial charge >= 0.3 is 0 Å². The first-order valence-electron chi connectivity index (χ1n) is 3.58. The summed E-state index contributed by atoms with van der Waals surface area (Å²) in [5.74, 6) is 0. The van der Waals surface area contributed by atoms with Gasteiger partial charge in [-0.25, -0.2) is 0 Å². The number of carbonyl (C=O) groups is 1. The van der Waals surface area contributed by atoms with E-state index in [1.165, 1.54) is 0 Å². The molecule has 3 heteroatoms. The molecule has 12 heavy (non-hydrogen) atoms. The summed E-state index contributed by atoms with van der Waals surface area (Å²) in [4.78, 5) is 10.0. The lowest BCUT2D eigenvalue weighted by Gasteiger charge is -2.08. The molecule has 0 aromatic heterocycles. The molecule has 0 N–H and O–H groups in total. The van der Waals surface area contributed by atoms with Gasteiger partial charge in [0.1, 0.15) is 6.10 Å². The van der Waals surface area contributed by atoms with Gasteiger partial charge in [0.05, 0.1) is 0 Å². The van der Waals surface area contributed by atoms with Crippen molar-refractivity contribution >= 4 is 18.1 Å². The Kier molecular flexibility index (Phi) is 3.11. The molecule has 0 aliphatic rings. The standard InChI is InChI=1S/C9H9ClO2/c1-7(12-6-11)8-2-4-9(10)5-3-8/h2-7H,1H3/t7-/m0/s1. The molecule has 1 rings (SSSR count). The SMILES string of the molecule is C[C@H](OC=O)c1ccc(Cl)cc1. The minimum atomic E-state index is -0.209. The Morgan fingerprint density at radius 1 is 1.42 bits per heavy atom. The Morgan fingerprint density at radius 3 is 2.50 bits per heavy atom. The van der Waals surface area contributed by atoms with Crippen molar-refractivity contribution in [2.45, 2.75) is 13.0 Å². The first-order valence-corrected chi connectivity index (χ1v) is 3.96. The molecular formula is C9H9ClO2. The first kappa shape index (κ1) is 9.07. The van der Waals surface area contributed by atoms with Crippen molar-refractivity contribution in [1.82, 2.24) is 0 Å². The summed E-state index contributed by atoms with van der Waals surface area (Å²) in [6.07, 6.45) is -0.209. The average molecular weight is 185 g/mol. The largest absolute Gasteiger partial charge is 0.460 e. The predicted molar refractivity (Wildman–Crippen MR) is 47.0 cm³/mol. The molecule has 2 nitrogen and oxygen atoms in total. The Bertz CT molecular complexity index is 256. The summed E-state index contributed by atoms with van der Waals surface area (Å²) in [5.41, 5.74) is 0.937. The highest BCUT2D eigenvalue weighted by molar-refractivity contribution is 6.30. The summed E-state index contributed by atoms with van der Waals surface area (Å²) < 4.78 is 4.74. The maximum absolute atomic E-state index is 10.0. The average Bonchev–Trinajstić information content (AvgIpc) is 2.06. The number of hydrogen-bond donors (Lipinski definition) is 0. The minimum absolute atomic E-state index is 0.209. The van der Waals surface area contributed by atoms with Crippen LogP contribution in [0.15, 0.2) is 24.3 Å². The Morgan fingerprint density at radius 2 is 2.00 bits per heavy atom. The van der Waals surface area contributed by atoms with Crippen molar-refractivity contribution in [1.29, 1.82) is 0 Å². The molecule has 0 spiro atoms. The maximum Gasteiger partial charge on any atom is 0.293 e. The number of ether oxygens (including phenoxy) is 1. The zero-order valence-corrected chi connectivity index (χ0v) is 7.41. The highest BCUT2D eigenvalue weighted by Gasteiger charge is 2.03. The van der Waals surface area contributed by atoms with Crippen molar-refractivity contribution in [2.24, 2.45) is 0 Å². The molecule has 0 saturated carbocycles. The Labute approximate surface area is 76.1 Å². The highest BCUT2D eigenvalue weighted by atomic mass is 35.5. The zero-order valence-electron chi connectivity index (χ0n) is 6.66. The highest BCUT2D eigenvalue weighted by Crippen LogP contribution is 2.17. The molecule has 0 aliphatic heterocycles. The van der Waals surface area contributed by atoms with Crippen LogP contribution in [-0.4, -0.2) is 6.47 Å². The van der Waals surface area contributed by atoms with Crippen molar-refractivity contribution in [3.8, 4) is 0 Å². The van der Waals surface area contributed by atoms with Crippen molar-refractivity contribution in [3.05, 3.63) is 34.9 Å². The summed E-state index contributed by atoms with van der Waals surface area (Å²) in [6, 6.07) is 7.19. The van der Waals surface area contributed by atoms with Gasteiger partial charge in [0.15, 0.2) is 0 Å². The van der Waals surface area contributed by atoms with Gasteiger partial charge in [0, 0.05) is 5.02 Å². The normalized spacial score (nSPS) is 12.2. The first-order chi connectivity index (χ1) is 5.74. The van der Waals surface area contributed by atoms with E-state index in [2.05, 4.69) is 0 Å². The van der Waals surface area contributed by atoms with Crippen LogP contribution in [-0.2, 0) is 9.53 Å². The van der Waals surface area contributed by atoms with E-state index in [9.17, 15) is 4.79 Å². The fourth-order valence-electron chi connectivity index (χ4n) is 0.896. The molecule has 64 valence electrons. The molecule has 0 heterocycles. The van der Waals surface area contributed by atoms with Gasteiger partial charge in [-0.2, -0.15) is 0 Å². The number of rotatable bonds is 3. The van der Waals surface area contributed by atoms with Crippen molar-refractivity contribution in [2.75, 3.05) is 0 Å². The van der Waals surface area contributed by atoms with Crippen LogP contribution in [0.2, 0.25) is 5.02 Å². The van der Waals surface area contributed by atoms with Gasteiger partial charge in [-0.05, 0) is 24.6 Å². The van der Waals surface area contributed by atoms with Crippen LogP contribution in [0.25, 0.3) is 0 Å². The third kappa shape index (κ3) is 2.24. The lowest BCUT2D eigenvalue weighted by atomic mass is 10.1. The molecule has 0 amide bonds. The third-order valence-corrected chi connectivity index (χ3v) is 1.85. The molecule has 0 radical (unpaired) electrons. The second-order valence-corrected chi connectivity index (χ2v) is 2.86. The molecular weight excluding hydrogens is 176 g/mol. The summed E-state index contributed by atoms with van der Waals surface area (Å²) in [7, 11) is 0. The fraction of sp³-hybridized carbons (Fsp3) is 0.222. The summed E-state index contributed by atoms with van der Waals surface area (Å²) >= 11 is 5.68. The third-order valence-electron chi connectivity index (χ3n) is 1.60. The maximum atomic E-state index is 10.0. The Hall–Kier alpha value is -1.02. The van der Waals surface area contributed by atoms with Crippen LogP contribution in [0.1, 0.15) is 18.6 Å². The second kappa shape index (κ2) is 4.12. The van der Waals surface area contributed by atoms with E-state index >= 15 is 0 Å². The van der Waals surface area contributed by atoms with Crippen LogP contribution in [0.5, 0.6) is 0 Å². The van der Waals surface area contributed by atoms with Crippen LogP contribution in [0.4, 0.5) is 0 Å². The van der Waals surface area contributed by atoms with Gasteiger partial charge in [-0.1, -0.05) is 23.7 Å². The predicted octanol–water partition coefficient (Wildman–Crippen LogP) is 2.57. The summed E-state index contributed by atoms with van der Waals surface area (Å²) in [6.45, 7) is 2.25. The quantitative estimate of drug-likeness (QED) is 0.675. The second-order valence-electron chi connectivity index (χ2n) is 2.43. The zero-order chi connectivity index (χ0) is 8.97. The summed E-state index contributed by atoms with van der Waals surface area (Å²) in [5, 5.41) is 0.678. The van der Waals surface area contributed by atoms with E-state index in [1.807, 2.05) is 12.1 Å². The van der Waals surface area contributed by atoms with E-state index in [1.54, 1.807) is 19.1 Å². The monoisotopic (exact) mass is 184 g/mol. The van der Waals surface area contributed by atoms with E-state index in [4.69, 9.17) is 16.3 Å². The number of hydrogen-bond acceptors (Lipinski definition) is 2. The molecule has 1 aromatic carbocycles. The molecule has 0 bridgehead atoms. The number of benzene rings is 1. The van der Waals surface area contributed by atoms with E-state index in [0.29, 0.717) is 11.5 Å². The van der Waals surface area contributed by atoms with Crippen molar-refractivity contribution < 1.29 is 9.53 Å². The van der Waals surface area contributed by atoms with Crippen LogP contribution >= 0.6 is 11.6 Å². The molecule has 0 unspecified atom stereocenters. The van der Waals surface area contributed by atoms with Crippen LogP contribution in [0.3, 0.4) is 0 Å². The number of halogens is 1. The number of carbonyl (C=O) groups excluding carboxylic acids is 1. The van der Waals surface area contributed by atoms with Gasteiger partial charge in [0.2, 0.25) is 0 Å². The molecule has 1 atom stereocenters. The van der Waals surface area contributed by atoms with E-state index in [0.717, 1.165) is 5.56 Å². The molecule has 0 aliphatic carbocycles. The lowest BCUT2D eigenvalue weighted by molar-refractivity contribution is -0.133. The minimum Gasteiger partial charge on any atom is -0.460 e. The molecule has 0 fully saturated rings. The van der Waals surface area contributed by atoms with Gasteiger partial charge in [-0.15, -0.1) is 0 Å². The van der Waals surface area contributed by atoms with Crippen molar-refractivity contribution in [3.63, 3.8) is 0 Å². The lowest BCUT2D eigenvalue weighted by Crippen LogP contribution is -1.97. The van der Waals surface area contributed by atoms with Gasteiger partial charge < -0.3 is 4.74 Å². The smallest absolute Gasteiger partial charge is 0.293 e. The van der Waals surface area contributed by atoms with Gasteiger partial charge in [-0.3, -0.25) is 4.79 Å². The molecule has 1 aromatic rings. The topological polar surface area (TPSA) is 26.3 Å². The van der Waals surface area contributed by atoms with E-state index in [-0.39, 0.29) is 6.10 Å². The van der Waals surface area contributed by atoms with Gasteiger partial charge in [0.25, 0.3) is 6.47 Å². The molecule has 0 saturated heterocycles.